The Morgan fingerprint density at radius 3 is 2.94 bits per heavy atom. The average molecular weight is 222 g/mol. The number of aryl methyl sites for hydroxylation is 1. The Labute approximate surface area is 95.8 Å². The molecule has 0 aromatic carbocycles. The van der Waals surface area contributed by atoms with Gasteiger partial charge in [-0.15, -0.1) is 0 Å². The maximum Gasteiger partial charge on any atom is 0.226 e. The number of rotatable bonds is 3. The molecule has 0 amide bonds. The molecular formula is C11H18N4O. The molecule has 5 nitrogen and oxygen atoms in total. The lowest BCUT2D eigenvalue weighted by Crippen LogP contribution is -2.24. The van der Waals surface area contributed by atoms with Crippen LogP contribution in [-0.4, -0.2) is 48.2 Å². The zero-order valence-corrected chi connectivity index (χ0v) is 10.0. The van der Waals surface area contributed by atoms with Gasteiger partial charge < -0.3 is 15.0 Å². The number of hydrogen-bond acceptors (Lipinski definition) is 5. The van der Waals surface area contributed by atoms with Gasteiger partial charge in [0.25, 0.3) is 0 Å². The van der Waals surface area contributed by atoms with Gasteiger partial charge in [0, 0.05) is 24.3 Å². The van der Waals surface area contributed by atoms with Crippen LogP contribution in [0, 0.1) is 6.92 Å². The molecule has 16 heavy (non-hydrogen) atoms. The van der Waals surface area contributed by atoms with Crippen molar-refractivity contribution in [1.82, 2.24) is 14.9 Å². The minimum absolute atomic E-state index is 0.441. The average Bonchev–Trinajstić information content (AvgIpc) is 2.63. The van der Waals surface area contributed by atoms with E-state index in [0.717, 1.165) is 25.2 Å². The maximum absolute atomic E-state index is 5.12. The van der Waals surface area contributed by atoms with Crippen molar-refractivity contribution in [3.8, 4) is 5.88 Å². The Hall–Kier alpha value is -1.36. The molecule has 1 atom stereocenters. The molecule has 0 saturated carbocycles. The molecule has 0 spiro atoms. The topological polar surface area (TPSA) is 50.3 Å². The van der Waals surface area contributed by atoms with Crippen molar-refractivity contribution in [3.05, 3.63) is 11.8 Å². The molecule has 88 valence electrons. The second kappa shape index (κ2) is 4.65. The van der Waals surface area contributed by atoms with Gasteiger partial charge in [-0.25, -0.2) is 4.98 Å². The highest BCUT2D eigenvalue weighted by Crippen LogP contribution is 2.15. The van der Waals surface area contributed by atoms with Crippen LogP contribution in [0.3, 0.4) is 0 Å². The second-order valence-electron chi connectivity index (χ2n) is 4.27. The first-order valence-corrected chi connectivity index (χ1v) is 5.52. The van der Waals surface area contributed by atoms with Gasteiger partial charge in [0.05, 0.1) is 7.11 Å². The molecule has 1 saturated heterocycles. The fraction of sp³-hybridized carbons (Fsp3) is 0.636. The number of nitrogens with one attached hydrogen (secondary N) is 1. The van der Waals surface area contributed by atoms with Gasteiger partial charge >= 0.3 is 0 Å². The summed E-state index contributed by atoms with van der Waals surface area (Å²) in [6.45, 7) is 4.11. The van der Waals surface area contributed by atoms with E-state index in [9.17, 15) is 0 Å². The van der Waals surface area contributed by atoms with Gasteiger partial charge in [0.2, 0.25) is 11.8 Å². The van der Waals surface area contributed by atoms with Crippen LogP contribution in [0.2, 0.25) is 0 Å². The van der Waals surface area contributed by atoms with E-state index < -0.39 is 0 Å². The Morgan fingerprint density at radius 1 is 1.50 bits per heavy atom. The Balaban J connectivity index is 2.06. The third-order valence-corrected chi connectivity index (χ3v) is 2.76. The summed E-state index contributed by atoms with van der Waals surface area (Å²) in [5, 5.41) is 3.34. The third kappa shape index (κ3) is 2.61. The summed E-state index contributed by atoms with van der Waals surface area (Å²) in [6, 6.07) is 2.27. The normalized spacial score (nSPS) is 21.1. The largest absolute Gasteiger partial charge is 0.481 e. The highest BCUT2D eigenvalue weighted by molar-refractivity contribution is 5.32. The highest BCUT2D eigenvalue weighted by atomic mass is 16.5. The van der Waals surface area contributed by atoms with Crippen LogP contribution in [-0.2, 0) is 0 Å². The van der Waals surface area contributed by atoms with Gasteiger partial charge in [-0.05, 0) is 26.9 Å². The van der Waals surface area contributed by atoms with Crippen molar-refractivity contribution in [1.29, 1.82) is 0 Å². The second-order valence-corrected chi connectivity index (χ2v) is 4.27. The zero-order chi connectivity index (χ0) is 11.5. The minimum atomic E-state index is 0.441. The summed E-state index contributed by atoms with van der Waals surface area (Å²) in [5.41, 5.74) is 0.917. The first-order chi connectivity index (χ1) is 7.67. The van der Waals surface area contributed by atoms with Crippen LogP contribution >= 0.6 is 0 Å². The fourth-order valence-corrected chi connectivity index (χ4v) is 1.94. The van der Waals surface area contributed by atoms with Gasteiger partial charge in [0.15, 0.2) is 0 Å². The number of likely N-dealkylation sites (N-methyl/N-ethyl adjacent to an activating group) is 1. The molecule has 1 unspecified atom stereocenters. The SMILES string of the molecule is COc1cc(C)nc(NC2CCN(C)C2)n1. The van der Waals surface area contributed by atoms with E-state index in [4.69, 9.17) is 4.74 Å². The van der Waals surface area contributed by atoms with Crippen LogP contribution in [0.15, 0.2) is 6.07 Å². The van der Waals surface area contributed by atoms with E-state index >= 15 is 0 Å². The number of nitrogens with zero attached hydrogens (tertiary/aromatic N) is 3. The molecular weight excluding hydrogens is 204 g/mol. The molecule has 2 rings (SSSR count). The quantitative estimate of drug-likeness (QED) is 0.823. The molecule has 1 fully saturated rings. The Kier molecular flexibility index (Phi) is 3.24. The van der Waals surface area contributed by atoms with Crippen molar-refractivity contribution in [2.75, 3.05) is 32.6 Å². The first-order valence-electron chi connectivity index (χ1n) is 5.52. The summed E-state index contributed by atoms with van der Waals surface area (Å²) in [5.74, 6) is 1.28. The maximum atomic E-state index is 5.12. The molecule has 2 heterocycles. The van der Waals surface area contributed by atoms with Gasteiger partial charge in [-0.3, -0.25) is 0 Å². The van der Waals surface area contributed by atoms with Gasteiger partial charge in [-0.2, -0.15) is 4.98 Å². The number of ether oxygens (including phenoxy) is 1. The Morgan fingerprint density at radius 2 is 2.31 bits per heavy atom. The lowest BCUT2D eigenvalue weighted by atomic mass is 10.3. The molecule has 1 N–H and O–H groups in total. The number of methoxy groups -OCH3 is 1. The van der Waals surface area contributed by atoms with Crippen molar-refractivity contribution in [2.24, 2.45) is 0 Å². The minimum Gasteiger partial charge on any atom is -0.481 e. The van der Waals surface area contributed by atoms with Gasteiger partial charge in [0.1, 0.15) is 0 Å². The standard InChI is InChI=1S/C11H18N4O/c1-8-6-10(16-3)14-11(12-8)13-9-4-5-15(2)7-9/h6,9H,4-5,7H2,1-3H3,(H,12,13,14). The van der Waals surface area contributed by atoms with E-state index in [-0.39, 0.29) is 0 Å². The van der Waals surface area contributed by atoms with E-state index in [1.165, 1.54) is 0 Å². The van der Waals surface area contributed by atoms with Crippen LogP contribution in [0.25, 0.3) is 0 Å². The zero-order valence-electron chi connectivity index (χ0n) is 10.0. The molecule has 1 aromatic rings. The summed E-state index contributed by atoms with van der Waals surface area (Å²) in [4.78, 5) is 10.9. The predicted molar refractivity (Wildman–Crippen MR) is 62.8 cm³/mol. The smallest absolute Gasteiger partial charge is 0.226 e. The van der Waals surface area contributed by atoms with E-state index in [1.54, 1.807) is 7.11 Å². The van der Waals surface area contributed by atoms with Crippen molar-refractivity contribution in [3.63, 3.8) is 0 Å². The molecule has 0 bridgehead atoms. The lowest BCUT2D eigenvalue weighted by molar-refractivity contribution is 0.396. The number of hydrogen-bond donors (Lipinski definition) is 1. The summed E-state index contributed by atoms with van der Waals surface area (Å²) in [7, 11) is 3.74. The molecule has 1 aliphatic heterocycles. The predicted octanol–water partition coefficient (Wildman–Crippen LogP) is 0.910. The molecule has 1 aromatic heterocycles. The molecule has 0 aliphatic carbocycles. The van der Waals surface area contributed by atoms with E-state index in [1.807, 2.05) is 13.0 Å². The number of anilines is 1. The summed E-state index contributed by atoms with van der Waals surface area (Å²) >= 11 is 0. The van der Waals surface area contributed by atoms with E-state index in [0.29, 0.717) is 17.9 Å². The lowest BCUT2D eigenvalue weighted by Gasteiger charge is -2.13. The molecule has 5 heteroatoms. The third-order valence-electron chi connectivity index (χ3n) is 2.76. The fourth-order valence-electron chi connectivity index (χ4n) is 1.94. The number of likely N-dealkylation sites (tertiary alicyclic amines) is 1. The van der Waals surface area contributed by atoms with Crippen LogP contribution < -0.4 is 10.1 Å². The van der Waals surface area contributed by atoms with Gasteiger partial charge in [-0.1, -0.05) is 0 Å². The van der Waals surface area contributed by atoms with Crippen LogP contribution in [0.1, 0.15) is 12.1 Å². The first kappa shape index (κ1) is 11.1. The van der Waals surface area contributed by atoms with Crippen LogP contribution in [0.4, 0.5) is 5.95 Å². The number of aromatic nitrogens is 2. The molecule has 0 radical (unpaired) electrons. The van der Waals surface area contributed by atoms with E-state index in [2.05, 4.69) is 27.2 Å². The van der Waals surface area contributed by atoms with Crippen LogP contribution in [0.5, 0.6) is 5.88 Å². The van der Waals surface area contributed by atoms with Crippen molar-refractivity contribution in [2.45, 2.75) is 19.4 Å². The van der Waals surface area contributed by atoms with Crippen molar-refractivity contribution < 1.29 is 4.74 Å². The van der Waals surface area contributed by atoms with Crippen molar-refractivity contribution >= 4 is 5.95 Å². The molecule has 1 aliphatic rings. The highest BCUT2D eigenvalue weighted by Gasteiger charge is 2.20. The summed E-state index contributed by atoms with van der Waals surface area (Å²) < 4.78 is 5.12. The Bertz CT molecular complexity index is 369. The monoisotopic (exact) mass is 222 g/mol. The summed E-state index contributed by atoms with van der Waals surface area (Å²) in [6.07, 6.45) is 1.14.